The number of carbonyl (C=O) groups excluding carboxylic acids is 2. The van der Waals surface area contributed by atoms with Gasteiger partial charge in [0.1, 0.15) is 17.9 Å². The third-order valence-electron chi connectivity index (χ3n) is 7.08. The van der Waals surface area contributed by atoms with E-state index >= 15 is 0 Å². The van der Waals surface area contributed by atoms with E-state index in [2.05, 4.69) is 10.6 Å². The molecule has 2 aromatic carbocycles. The fourth-order valence-corrected chi connectivity index (χ4v) is 5.09. The molecule has 2 heterocycles. The number of ether oxygens (including phenoxy) is 1. The van der Waals surface area contributed by atoms with Crippen LogP contribution in [0.3, 0.4) is 0 Å². The van der Waals surface area contributed by atoms with Crippen LogP contribution in [0, 0.1) is 0 Å². The maximum atomic E-state index is 13.2. The zero-order valence-electron chi connectivity index (χ0n) is 20.0. The predicted molar refractivity (Wildman–Crippen MR) is 134 cm³/mol. The Labute approximate surface area is 205 Å². The molecule has 1 aliphatic heterocycles. The molecule has 3 aromatic rings. The first kappa shape index (κ1) is 23.3. The van der Waals surface area contributed by atoms with E-state index in [1.807, 2.05) is 59.5 Å². The van der Waals surface area contributed by atoms with Gasteiger partial charge in [-0.15, -0.1) is 0 Å². The lowest BCUT2D eigenvalue weighted by atomic mass is 9.95. The number of amides is 3. The molecule has 0 spiro atoms. The lowest BCUT2D eigenvalue weighted by Gasteiger charge is -2.34. The zero-order chi connectivity index (χ0) is 24.0. The molecule has 184 valence electrons. The van der Waals surface area contributed by atoms with Gasteiger partial charge in [-0.05, 0) is 43.9 Å². The molecule has 1 aliphatic carbocycles. The predicted octanol–water partition coefficient (Wildman–Crippen LogP) is 5.25. The van der Waals surface area contributed by atoms with Crippen molar-refractivity contribution in [1.29, 1.82) is 0 Å². The quantitative estimate of drug-likeness (QED) is 0.510. The number of likely N-dealkylation sites (tertiary alicyclic amines) is 1. The number of nitrogens with zero attached hydrogens (tertiary/aromatic N) is 1. The van der Waals surface area contributed by atoms with Crippen molar-refractivity contribution >= 4 is 22.9 Å². The topological polar surface area (TPSA) is 83.8 Å². The largest absolute Gasteiger partial charge is 0.489 e. The van der Waals surface area contributed by atoms with Crippen LogP contribution in [-0.4, -0.2) is 42.0 Å². The number of benzene rings is 2. The number of furan rings is 1. The molecule has 2 aliphatic rings. The third-order valence-corrected chi connectivity index (χ3v) is 7.08. The van der Waals surface area contributed by atoms with E-state index in [-0.39, 0.29) is 24.6 Å². The number of hydrogen-bond donors (Lipinski definition) is 2. The van der Waals surface area contributed by atoms with Gasteiger partial charge in [0.25, 0.3) is 5.91 Å². The number of urea groups is 1. The van der Waals surface area contributed by atoms with Crippen molar-refractivity contribution in [3.05, 3.63) is 65.9 Å². The Bertz CT molecular complexity index is 1150. The Balaban J connectivity index is 1.20. The molecule has 2 fully saturated rings. The van der Waals surface area contributed by atoms with Crippen molar-refractivity contribution in [1.82, 2.24) is 15.5 Å². The summed E-state index contributed by atoms with van der Waals surface area (Å²) in [6, 6.07) is 17.5. The van der Waals surface area contributed by atoms with Crippen molar-refractivity contribution in [3.63, 3.8) is 0 Å². The zero-order valence-corrected chi connectivity index (χ0v) is 20.0. The van der Waals surface area contributed by atoms with Gasteiger partial charge in [-0.3, -0.25) is 4.79 Å². The van der Waals surface area contributed by atoms with E-state index in [9.17, 15) is 9.59 Å². The molecule has 2 N–H and O–H groups in total. The molecule has 5 rings (SSSR count). The Morgan fingerprint density at radius 1 is 0.857 bits per heavy atom. The molecule has 0 radical (unpaired) electrons. The maximum Gasteiger partial charge on any atom is 0.317 e. The normalized spacial score (nSPS) is 17.3. The second-order valence-electron chi connectivity index (χ2n) is 9.53. The highest BCUT2D eigenvalue weighted by molar-refractivity contribution is 5.99. The summed E-state index contributed by atoms with van der Waals surface area (Å²) in [6.07, 6.45) is 7.25. The SMILES string of the molecule is O=C(NC1CCN(C(=O)NC2CCCCC2)CC1)c1oc2ccccc2c1COc1ccccc1. The van der Waals surface area contributed by atoms with Gasteiger partial charge in [-0.2, -0.15) is 0 Å². The summed E-state index contributed by atoms with van der Waals surface area (Å²) in [5.74, 6) is 0.792. The van der Waals surface area contributed by atoms with Crippen LogP contribution in [0.1, 0.15) is 61.1 Å². The van der Waals surface area contributed by atoms with Crippen LogP contribution >= 0.6 is 0 Å². The molecule has 7 heteroatoms. The second-order valence-corrected chi connectivity index (χ2v) is 9.53. The average molecular weight is 476 g/mol. The molecular formula is C28H33N3O4. The van der Waals surface area contributed by atoms with Crippen LogP contribution in [0.4, 0.5) is 4.79 Å². The molecule has 0 atom stereocenters. The summed E-state index contributed by atoms with van der Waals surface area (Å²) in [6.45, 7) is 1.50. The smallest absolute Gasteiger partial charge is 0.317 e. The highest BCUT2D eigenvalue weighted by atomic mass is 16.5. The van der Waals surface area contributed by atoms with Crippen LogP contribution in [0.15, 0.2) is 59.0 Å². The van der Waals surface area contributed by atoms with Crippen molar-refractivity contribution in [2.45, 2.75) is 63.6 Å². The summed E-state index contributed by atoms with van der Waals surface area (Å²) in [7, 11) is 0. The lowest BCUT2D eigenvalue weighted by Crippen LogP contribution is -2.51. The number of fused-ring (bicyclic) bond motifs is 1. The van der Waals surface area contributed by atoms with Crippen molar-refractivity contribution in [2.24, 2.45) is 0 Å². The Hall–Kier alpha value is -3.48. The molecular weight excluding hydrogens is 442 g/mol. The third kappa shape index (κ3) is 5.61. The summed E-state index contributed by atoms with van der Waals surface area (Å²) in [4.78, 5) is 27.8. The number of carbonyl (C=O) groups is 2. The van der Waals surface area contributed by atoms with Crippen LogP contribution in [-0.2, 0) is 6.61 Å². The van der Waals surface area contributed by atoms with Gasteiger partial charge < -0.3 is 24.7 Å². The minimum absolute atomic E-state index is 0.00247. The molecule has 35 heavy (non-hydrogen) atoms. The second kappa shape index (κ2) is 10.8. The molecule has 1 saturated heterocycles. The Morgan fingerprint density at radius 2 is 1.54 bits per heavy atom. The monoisotopic (exact) mass is 475 g/mol. The molecule has 0 bridgehead atoms. The van der Waals surface area contributed by atoms with E-state index in [4.69, 9.17) is 9.15 Å². The molecule has 3 amide bonds. The summed E-state index contributed by atoms with van der Waals surface area (Å²) >= 11 is 0. The van der Waals surface area contributed by atoms with E-state index in [1.165, 1.54) is 19.3 Å². The fourth-order valence-electron chi connectivity index (χ4n) is 5.09. The first-order valence-electron chi connectivity index (χ1n) is 12.7. The van der Waals surface area contributed by atoms with Gasteiger partial charge in [0.15, 0.2) is 5.76 Å². The summed E-state index contributed by atoms with van der Waals surface area (Å²) in [5, 5.41) is 7.20. The highest BCUT2D eigenvalue weighted by Crippen LogP contribution is 2.28. The van der Waals surface area contributed by atoms with Crippen LogP contribution in [0.25, 0.3) is 11.0 Å². The van der Waals surface area contributed by atoms with E-state index < -0.39 is 0 Å². The van der Waals surface area contributed by atoms with E-state index in [0.29, 0.717) is 30.5 Å². The van der Waals surface area contributed by atoms with E-state index in [0.717, 1.165) is 42.4 Å². The first-order valence-corrected chi connectivity index (χ1v) is 12.7. The maximum absolute atomic E-state index is 13.2. The molecule has 0 unspecified atom stereocenters. The number of piperidine rings is 1. The van der Waals surface area contributed by atoms with Gasteiger partial charge in [0, 0.05) is 36.1 Å². The van der Waals surface area contributed by atoms with Gasteiger partial charge in [-0.1, -0.05) is 55.7 Å². The van der Waals surface area contributed by atoms with Gasteiger partial charge in [0.05, 0.1) is 0 Å². The molecule has 1 aromatic heterocycles. The average Bonchev–Trinajstić information content (AvgIpc) is 3.28. The van der Waals surface area contributed by atoms with E-state index in [1.54, 1.807) is 0 Å². The molecule has 7 nitrogen and oxygen atoms in total. The summed E-state index contributed by atoms with van der Waals surface area (Å²) in [5.41, 5.74) is 1.41. The Kier molecular flexibility index (Phi) is 7.21. The van der Waals surface area contributed by atoms with Crippen LogP contribution < -0.4 is 15.4 Å². The van der Waals surface area contributed by atoms with Gasteiger partial charge in [-0.25, -0.2) is 4.79 Å². The van der Waals surface area contributed by atoms with Crippen molar-refractivity contribution in [2.75, 3.05) is 13.1 Å². The Morgan fingerprint density at radius 3 is 2.31 bits per heavy atom. The number of para-hydroxylation sites is 2. The molecule has 1 saturated carbocycles. The fraction of sp³-hybridized carbons (Fsp3) is 0.429. The minimum Gasteiger partial charge on any atom is -0.489 e. The lowest BCUT2D eigenvalue weighted by molar-refractivity contribution is 0.0888. The number of rotatable bonds is 6. The first-order chi connectivity index (χ1) is 17.2. The number of hydrogen-bond acceptors (Lipinski definition) is 4. The summed E-state index contributed by atoms with van der Waals surface area (Å²) < 4.78 is 11.9. The van der Waals surface area contributed by atoms with Gasteiger partial charge >= 0.3 is 6.03 Å². The highest BCUT2D eigenvalue weighted by Gasteiger charge is 2.28. The van der Waals surface area contributed by atoms with Gasteiger partial charge in [0.2, 0.25) is 0 Å². The van der Waals surface area contributed by atoms with Crippen molar-refractivity contribution < 1.29 is 18.7 Å². The standard InChI is InChI=1S/C28H33N3O4/c32-27(29-21-15-17-31(18-16-21)28(33)30-20-9-3-1-4-10-20)26-24(19-34-22-11-5-2-6-12-22)23-13-7-8-14-25(23)35-26/h2,5-8,11-14,20-21H,1,3-4,9-10,15-19H2,(H,29,32)(H,30,33). The number of nitrogens with one attached hydrogen (secondary N) is 2. The van der Waals surface area contributed by atoms with Crippen LogP contribution in [0.2, 0.25) is 0 Å². The van der Waals surface area contributed by atoms with Crippen molar-refractivity contribution in [3.8, 4) is 5.75 Å². The minimum atomic E-state index is -0.238. The van der Waals surface area contributed by atoms with Crippen LogP contribution in [0.5, 0.6) is 5.75 Å².